The zero-order valence-corrected chi connectivity index (χ0v) is 24.9. The molecule has 8 nitrogen and oxygen atoms in total. The quantitative estimate of drug-likeness (QED) is 0.440. The van der Waals surface area contributed by atoms with Gasteiger partial charge in [0.05, 0.1) is 30.1 Å². The highest BCUT2D eigenvalue weighted by molar-refractivity contribution is 6.00. The number of aliphatic hydroxyl groups is 1. The van der Waals surface area contributed by atoms with Gasteiger partial charge in [0.1, 0.15) is 11.6 Å². The summed E-state index contributed by atoms with van der Waals surface area (Å²) in [5, 5.41) is 10.5. The molecule has 8 heteroatoms. The summed E-state index contributed by atoms with van der Waals surface area (Å²) in [5.74, 6) is -2.02. The Morgan fingerprint density at radius 2 is 1.66 bits per heavy atom. The third-order valence-electron chi connectivity index (χ3n) is 9.39. The first-order chi connectivity index (χ1) is 19.7. The van der Waals surface area contributed by atoms with Crippen molar-refractivity contribution in [3.05, 3.63) is 60.2 Å². The molecule has 2 saturated heterocycles. The zero-order chi connectivity index (χ0) is 29.4. The van der Waals surface area contributed by atoms with E-state index in [0.29, 0.717) is 39.0 Å². The van der Waals surface area contributed by atoms with Gasteiger partial charge in [-0.2, -0.15) is 0 Å². The molecule has 0 aliphatic carbocycles. The molecule has 1 unspecified atom stereocenters. The molecule has 0 bridgehead atoms. The molecule has 4 aliphatic heterocycles. The molecule has 4 heterocycles. The van der Waals surface area contributed by atoms with Gasteiger partial charge in [0, 0.05) is 26.2 Å². The lowest BCUT2D eigenvalue weighted by atomic mass is 9.73. The fourth-order valence-electron chi connectivity index (χ4n) is 7.51. The summed E-state index contributed by atoms with van der Waals surface area (Å²) >= 11 is 0. The van der Waals surface area contributed by atoms with Gasteiger partial charge in [0.15, 0.2) is 0 Å². The Labute approximate surface area is 244 Å². The Hall–Kier alpha value is -2.97. The summed E-state index contributed by atoms with van der Waals surface area (Å²) in [6.07, 6.45) is 10.6. The summed E-state index contributed by atoms with van der Waals surface area (Å²) in [5.41, 5.74) is -1.29. The van der Waals surface area contributed by atoms with E-state index in [1.54, 1.807) is 14.7 Å². The average molecular weight is 564 g/mol. The minimum Gasteiger partial charge on any atom is -0.394 e. The SMILES string of the molecule is CCCCN1CC=C[C@]23O[C@@]4(CC)C=CCN(Cc5ccccc5)C(=O)[C@H]4[C@H]2C(=O)N([C@@H](CO)CC(C)C)C3C1=O. The Balaban J connectivity index is 1.62. The Morgan fingerprint density at radius 3 is 2.32 bits per heavy atom. The monoisotopic (exact) mass is 563 g/mol. The van der Waals surface area contributed by atoms with Gasteiger partial charge in [-0.25, -0.2) is 0 Å². The number of hydrogen-bond acceptors (Lipinski definition) is 5. The molecule has 3 amide bonds. The van der Waals surface area contributed by atoms with Crippen LogP contribution in [-0.2, 0) is 25.7 Å². The van der Waals surface area contributed by atoms with E-state index in [2.05, 4.69) is 6.92 Å². The number of aliphatic hydroxyl groups excluding tert-OH is 1. The highest BCUT2D eigenvalue weighted by atomic mass is 16.5. The van der Waals surface area contributed by atoms with Crippen LogP contribution in [0, 0.1) is 17.8 Å². The number of hydrogen-bond donors (Lipinski definition) is 1. The minimum absolute atomic E-state index is 0.131. The fourth-order valence-corrected chi connectivity index (χ4v) is 7.51. The molecule has 4 aliphatic rings. The third-order valence-corrected chi connectivity index (χ3v) is 9.39. The minimum atomic E-state index is -1.30. The molecule has 1 spiro atoms. The van der Waals surface area contributed by atoms with E-state index < -0.39 is 35.1 Å². The highest BCUT2D eigenvalue weighted by Crippen LogP contribution is 2.59. The summed E-state index contributed by atoms with van der Waals surface area (Å²) in [7, 11) is 0. The van der Waals surface area contributed by atoms with Crippen molar-refractivity contribution in [3.63, 3.8) is 0 Å². The molecule has 0 aromatic heterocycles. The number of amides is 3. The van der Waals surface area contributed by atoms with Gasteiger partial charge in [-0.3, -0.25) is 14.4 Å². The number of benzene rings is 1. The first-order valence-electron chi connectivity index (χ1n) is 15.3. The molecule has 5 rings (SSSR count). The lowest BCUT2D eigenvalue weighted by Gasteiger charge is -2.41. The Bertz CT molecular complexity index is 1200. The second-order valence-electron chi connectivity index (χ2n) is 12.5. The van der Waals surface area contributed by atoms with E-state index in [-0.39, 0.29) is 30.2 Å². The maximum atomic E-state index is 14.7. The smallest absolute Gasteiger partial charge is 0.249 e. The molecule has 1 aromatic carbocycles. The summed E-state index contributed by atoms with van der Waals surface area (Å²) in [6.45, 7) is 9.75. The van der Waals surface area contributed by atoms with E-state index in [0.717, 1.165) is 18.4 Å². The number of rotatable bonds is 10. The maximum Gasteiger partial charge on any atom is 0.249 e. The number of nitrogens with zero attached hydrogens (tertiary/aromatic N) is 3. The van der Waals surface area contributed by atoms with Gasteiger partial charge >= 0.3 is 0 Å². The van der Waals surface area contributed by atoms with Gasteiger partial charge < -0.3 is 24.5 Å². The first-order valence-corrected chi connectivity index (χ1v) is 15.3. The number of likely N-dealkylation sites (tertiary alicyclic amines) is 1. The normalized spacial score (nSPS) is 31.8. The first kappa shape index (κ1) is 29.5. The molecule has 6 atom stereocenters. The maximum absolute atomic E-state index is 14.7. The molecule has 222 valence electrons. The summed E-state index contributed by atoms with van der Waals surface area (Å²) < 4.78 is 7.06. The number of carbonyl (C=O) groups is 3. The third kappa shape index (κ3) is 4.93. The lowest BCUT2D eigenvalue weighted by molar-refractivity contribution is -0.157. The number of ether oxygens (including phenoxy) is 1. The summed E-state index contributed by atoms with van der Waals surface area (Å²) in [6, 6.07) is 8.36. The number of unbranched alkanes of at least 4 members (excludes halogenated alkanes) is 1. The van der Waals surface area contributed by atoms with Gasteiger partial charge in [-0.1, -0.05) is 88.8 Å². The molecular weight excluding hydrogens is 518 g/mol. The van der Waals surface area contributed by atoms with Crippen molar-refractivity contribution in [1.29, 1.82) is 0 Å². The number of carbonyl (C=O) groups excluding carboxylic acids is 3. The van der Waals surface area contributed by atoms with Gasteiger partial charge in [-0.15, -0.1) is 0 Å². The number of fused-ring (bicyclic) bond motifs is 2. The molecule has 2 fully saturated rings. The topological polar surface area (TPSA) is 90.4 Å². The van der Waals surface area contributed by atoms with Crippen LogP contribution in [0.15, 0.2) is 54.6 Å². The van der Waals surface area contributed by atoms with Gasteiger partial charge in [0.25, 0.3) is 0 Å². The molecular formula is C33H45N3O5. The fraction of sp³-hybridized carbons (Fsp3) is 0.606. The van der Waals surface area contributed by atoms with Crippen LogP contribution in [0.1, 0.15) is 58.9 Å². The standard InChI is InChI=1S/C33H45N3O5/c1-5-7-17-34-18-12-16-33-27(30(39)36(28(33)31(34)40)25(22-37)20-23(3)4)26-29(38)35(21-24-13-9-8-10-14-24)19-11-15-32(26,6-2)41-33/h8-16,23,25-28,37H,5-7,17-22H2,1-4H3/t25-,26-,27+,28?,32+,33+/m1/s1. The van der Waals surface area contributed by atoms with Crippen LogP contribution in [0.2, 0.25) is 0 Å². The Kier molecular flexibility index (Phi) is 8.44. The van der Waals surface area contributed by atoms with Crippen molar-refractivity contribution in [2.75, 3.05) is 26.2 Å². The predicted octanol–water partition coefficient (Wildman–Crippen LogP) is 3.55. The van der Waals surface area contributed by atoms with Crippen molar-refractivity contribution in [2.45, 2.75) is 83.2 Å². The molecule has 1 N–H and O–H groups in total. The van der Waals surface area contributed by atoms with Crippen LogP contribution in [0.3, 0.4) is 0 Å². The van der Waals surface area contributed by atoms with Crippen molar-refractivity contribution in [2.24, 2.45) is 17.8 Å². The molecule has 0 radical (unpaired) electrons. The lowest BCUT2D eigenvalue weighted by Crippen LogP contribution is -2.59. The van der Waals surface area contributed by atoms with Crippen molar-refractivity contribution >= 4 is 17.7 Å². The zero-order valence-electron chi connectivity index (χ0n) is 24.9. The van der Waals surface area contributed by atoms with Crippen molar-refractivity contribution in [1.82, 2.24) is 14.7 Å². The second-order valence-corrected chi connectivity index (χ2v) is 12.5. The van der Waals surface area contributed by atoms with Crippen LogP contribution in [0.5, 0.6) is 0 Å². The van der Waals surface area contributed by atoms with E-state index in [1.807, 2.05) is 75.4 Å². The highest BCUT2D eigenvalue weighted by Gasteiger charge is 2.75. The van der Waals surface area contributed by atoms with Crippen LogP contribution < -0.4 is 0 Å². The Morgan fingerprint density at radius 1 is 0.951 bits per heavy atom. The molecule has 41 heavy (non-hydrogen) atoms. The van der Waals surface area contributed by atoms with Crippen LogP contribution >= 0.6 is 0 Å². The van der Waals surface area contributed by atoms with E-state index in [4.69, 9.17) is 4.74 Å². The van der Waals surface area contributed by atoms with Crippen molar-refractivity contribution in [3.8, 4) is 0 Å². The van der Waals surface area contributed by atoms with Crippen LogP contribution in [-0.4, -0.2) is 87.1 Å². The van der Waals surface area contributed by atoms with E-state index in [9.17, 15) is 19.5 Å². The van der Waals surface area contributed by atoms with Gasteiger partial charge in [-0.05, 0) is 30.7 Å². The van der Waals surface area contributed by atoms with Crippen molar-refractivity contribution < 1.29 is 24.2 Å². The molecule has 1 aromatic rings. The average Bonchev–Trinajstić information content (AvgIpc) is 3.27. The summed E-state index contributed by atoms with van der Waals surface area (Å²) in [4.78, 5) is 48.8. The predicted molar refractivity (Wildman–Crippen MR) is 156 cm³/mol. The van der Waals surface area contributed by atoms with Gasteiger partial charge in [0.2, 0.25) is 17.7 Å². The second kappa shape index (κ2) is 11.7. The molecule has 0 saturated carbocycles. The largest absolute Gasteiger partial charge is 0.394 e. The van der Waals surface area contributed by atoms with E-state index in [1.165, 1.54) is 0 Å². The van der Waals surface area contributed by atoms with E-state index >= 15 is 0 Å². The van der Waals surface area contributed by atoms with Crippen LogP contribution in [0.4, 0.5) is 0 Å². The van der Waals surface area contributed by atoms with Crippen LogP contribution in [0.25, 0.3) is 0 Å².